The average Bonchev–Trinajstić information content (AvgIpc) is 4.08. The first kappa shape index (κ1) is 38.8. The van der Waals surface area contributed by atoms with Crippen molar-refractivity contribution in [1.82, 2.24) is 24.1 Å². The van der Waals surface area contributed by atoms with Gasteiger partial charge in [-0.2, -0.15) is 0 Å². The van der Waals surface area contributed by atoms with E-state index in [1.807, 2.05) is 48.5 Å². The normalized spacial score (nSPS) is 11.8. The number of fused-ring (bicyclic) bond motifs is 9. The molecule has 0 spiro atoms. The minimum absolute atomic E-state index is 0.532. The Morgan fingerprint density at radius 1 is 0.304 bits per heavy atom. The Morgan fingerprint density at radius 3 is 1.57 bits per heavy atom. The highest BCUT2D eigenvalue weighted by Gasteiger charge is 2.25. The molecular weight excluding hydrogens is 843 g/mol. The first-order chi connectivity index (χ1) is 34.2. The molecule has 0 saturated carbocycles. The average molecular weight is 882 g/mol. The summed E-state index contributed by atoms with van der Waals surface area (Å²) in [6.45, 7) is 0. The zero-order valence-electron chi connectivity index (χ0n) is 37.2. The lowest BCUT2D eigenvalue weighted by Crippen LogP contribution is -2.01. The van der Waals surface area contributed by atoms with E-state index < -0.39 is 0 Å². The number of nitrogens with zero attached hydrogens (tertiary/aromatic N) is 5. The molecule has 0 bridgehead atoms. The Kier molecular flexibility index (Phi) is 8.79. The van der Waals surface area contributed by atoms with E-state index >= 15 is 0 Å². The number of hydrogen-bond donors (Lipinski definition) is 0. The van der Waals surface area contributed by atoms with Crippen LogP contribution in [0, 0.1) is 0 Å². The van der Waals surface area contributed by atoms with Gasteiger partial charge in [-0.05, 0) is 89.0 Å². The number of benzene rings is 10. The molecule has 322 valence electrons. The number of para-hydroxylation sites is 3. The van der Waals surface area contributed by atoms with Crippen molar-refractivity contribution in [1.29, 1.82) is 0 Å². The van der Waals surface area contributed by atoms with E-state index in [1.165, 1.54) is 16.3 Å². The van der Waals surface area contributed by atoms with Crippen molar-refractivity contribution in [2.24, 2.45) is 0 Å². The lowest BCUT2D eigenvalue weighted by molar-refractivity contribution is 0.669. The molecule has 0 atom stereocenters. The van der Waals surface area contributed by atoms with Gasteiger partial charge in [0, 0.05) is 43.7 Å². The maximum absolute atomic E-state index is 7.01. The maximum Gasteiger partial charge on any atom is 0.167 e. The van der Waals surface area contributed by atoms with Crippen molar-refractivity contribution in [3.8, 4) is 67.8 Å². The van der Waals surface area contributed by atoms with Gasteiger partial charge < -0.3 is 13.6 Å². The zero-order valence-corrected chi connectivity index (χ0v) is 37.2. The second-order valence-electron chi connectivity index (χ2n) is 17.6. The summed E-state index contributed by atoms with van der Waals surface area (Å²) >= 11 is 0. The molecule has 69 heavy (non-hydrogen) atoms. The summed E-state index contributed by atoms with van der Waals surface area (Å²) in [5.74, 6) is 1.70. The van der Waals surface area contributed by atoms with Crippen molar-refractivity contribution in [3.05, 3.63) is 237 Å². The third-order valence-corrected chi connectivity index (χ3v) is 13.6. The highest BCUT2D eigenvalue weighted by Crippen LogP contribution is 2.45. The molecule has 0 aliphatic carbocycles. The van der Waals surface area contributed by atoms with Gasteiger partial charge in [-0.1, -0.05) is 170 Å². The highest BCUT2D eigenvalue weighted by molar-refractivity contribution is 6.21. The Hall–Kier alpha value is -9.39. The van der Waals surface area contributed by atoms with Gasteiger partial charge in [-0.15, -0.1) is 0 Å². The Labute approximate surface area is 396 Å². The summed E-state index contributed by atoms with van der Waals surface area (Å²) in [7, 11) is 0. The number of rotatable bonds is 7. The summed E-state index contributed by atoms with van der Waals surface area (Å²) in [5, 5.41) is 6.69. The van der Waals surface area contributed by atoms with Crippen LogP contribution in [0.15, 0.2) is 241 Å². The monoisotopic (exact) mass is 881 g/mol. The maximum atomic E-state index is 7.01. The van der Waals surface area contributed by atoms with Crippen LogP contribution in [0.4, 0.5) is 0 Å². The summed E-state index contributed by atoms with van der Waals surface area (Å²) in [5.41, 5.74) is 15.3. The van der Waals surface area contributed by atoms with Crippen LogP contribution >= 0.6 is 0 Å². The smallest absolute Gasteiger partial charge is 0.167 e. The summed E-state index contributed by atoms with van der Waals surface area (Å²) in [6, 6.07) is 83.4. The minimum atomic E-state index is 0.532. The fraction of sp³-hybridized carbons (Fsp3) is 0. The highest BCUT2D eigenvalue weighted by atomic mass is 16.3. The number of aromatic nitrogens is 5. The molecule has 0 radical (unpaired) electrons. The van der Waals surface area contributed by atoms with Crippen molar-refractivity contribution >= 4 is 65.6 Å². The minimum Gasteiger partial charge on any atom is -0.455 e. The van der Waals surface area contributed by atoms with Gasteiger partial charge in [0.15, 0.2) is 17.5 Å². The van der Waals surface area contributed by atoms with Crippen molar-refractivity contribution in [2.75, 3.05) is 0 Å². The van der Waals surface area contributed by atoms with E-state index in [4.69, 9.17) is 19.4 Å². The van der Waals surface area contributed by atoms with Crippen LogP contribution in [0.5, 0.6) is 0 Å². The zero-order chi connectivity index (χ0) is 45.4. The third kappa shape index (κ3) is 6.30. The fourth-order valence-corrected chi connectivity index (χ4v) is 10.4. The molecule has 0 fully saturated rings. The van der Waals surface area contributed by atoms with Gasteiger partial charge in [0.25, 0.3) is 0 Å². The molecule has 6 heteroatoms. The van der Waals surface area contributed by atoms with Crippen LogP contribution in [-0.4, -0.2) is 24.1 Å². The summed E-state index contributed by atoms with van der Waals surface area (Å²) < 4.78 is 11.8. The van der Waals surface area contributed by atoms with E-state index in [1.54, 1.807) is 0 Å². The third-order valence-electron chi connectivity index (χ3n) is 13.6. The second-order valence-corrected chi connectivity index (χ2v) is 17.6. The lowest BCUT2D eigenvalue weighted by atomic mass is 10.0. The second kappa shape index (κ2) is 15.6. The first-order valence-electron chi connectivity index (χ1n) is 23.3. The molecule has 4 aromatic heterocycles. The predicted octanol–water partition coefficient (Wildman–Crippen LogP) is 16.3. The van der Waals surface area contributed by atoms with Gasteiger partial charge >= 0.3 is 0 Å². The van der Waals surface area contributed by atoms with Gasteiger partial charge in [0.2, 0.25) is 0 Å². The van der Waals surface area contributed by atoms with Gasteiger partial charge in [0.05, 0.1) is 38.7 Å². The fourth-order valence-electron chi connectivity index (χ4n) is 10.4. The molecule has 10 aromatic carbocycles. The topological polar surface area (TPSA) is 61.7 Å². The molecule has 0 unspecified atom stereocenters. The van der Waals surface area contributed by atoms with E-state index in [9.17, 15) is 0 Å². The van der Waals surface area contributed by atoms with Crippen LogP contribution in [0.2, 0.25) is 0 Å². The van der Waals surface area contributed by atoms with Crippen LogP contribution in [0.25, 0.3) is 133 Å². The Morgan fingerprint density at radius 2 is 0.826 bits per heavy atom. The molecule has 4 heterocycles. The SMILES string of the molecule is c1ccc(-c2cccc(-c3nc(-c4ccccc4)nc(-c4ccc(-n5c6ccc(-c7ccccc7)cc6c6cc7c(cc65)c5ccccc5n7-c5ccccc5)c5c4oc4ccccc45)n3)c2)cc1. The Balaban J connectivity index is 1.05. The van der Waals surface area contributed by atoms with E-state index in [-0.39, 0.29) is 0 Å². The largest absolute Gasteiger partial charge is 0.455 e. The number of furan rings is 1. The molecule has 14 rings (SSSR count). The van der Waals surface area contributed by atoms with Crippen molar-refractivity contribution < 1.29 is 4.42 Å². The molecule has 0 saturated heterocycles. The van der Waals surface area contributed by atoms with E-state index in [0.29, 0.717) is 23.1 Å². The summed E-state index contributed by atoms with van der Waals surface area (Å²) in [6.07, 6.45) is 0. The van der Waals surface area contributed by atoms with Crippen LogP contribution in [0.1, 0.15) is 0 Å². The molecule has 0 aliphatic heterocycles. The Bertz CT molecular complexity index is 4290. The quantitative estimate of drug-likeness (QED) is 0.160. The molecule has 0 amide bonds. The predicted molar refractivity (Wildman–Crippen MR) is 283 cm³/mol. The van der Waals surface area contributed by atoms with E-state index in [0.717, 1.165) is 94.0 Å². The van der Waals surface area contributed by atoms with Gasteiger partial charge in [0.1, 0.15) is 11.2 Å². The molecule has 0 N–H and O–H groups in total. The molecule has 0 aliphatic rings. The standard InChI is InChI=1S/C63H39N5O/c1-5-18-40(19-6-1)43-24-17-25-45(36-43)62-64-61(42-22-9-3-10-23-42)65-63(66-62)49-33-35-55(59-48-29-14-16-31-58(48)69-60(49)59)68-54-34-32-44(41-20-7-2-8-21-41)37-50(54)52-39-56-51(38-57(52)68)47-28-13-15-30-53(47)67(56)46-26-11-4-12-27-46/h1-39H. The van der Waals surface area contributed by atoms with Gasteiger partial charge in [-0.25, -0.2) is 15.0 Å². The van der Waals surface area contributed by atoms with Crippen LogP contribution in [-0.2, 0) is 0 Å². The van der Waals surface area contributed by atoms with Gasteiger partial charge in [-0.3, -0.25) is 0 Å². The first-order valence-corrected chi connectivity index (χ1v) is 23.3. The molecule has 14 aromatic rings. The molecular formula is C63H39N5O. The van der Waals surface area contributed by atoms with E-state index in [2.05, 4.69) is 197 Å². The van der Waals surface area contributed by atoms with Crippen molar-refractivity contribution in [2.45, 2.75) is 0 Å². The van der Waals surface area contributed by atoms with Crippen LogP contribution < -0.4 is 0 Å². The summed E-state index contributed by atoms with van der Waals surface area (Å²) in [4.78, 5) is 15.6. The lowest BCUT2D eigenvalue weighted by Gasteiger charge is -2.13. The number of hydrogen-bond acceptors (Lipinski definition) is 4. The van der Waals surface area contributed by atoms with Crippen molar-refractivity contribution in [3.63, 3.8) is 0 Å². The molecule has 6 nitrogen and oxygen atoms in total. The van der Waals surface area contributed by atoms with Crippen LogP contribution in [0.3, 0.4) is 0 Å².